The minimum atomic E-state index is 0.291. The van der Waals surface area contributed by atoms with Crippen LogP contribution in [-0.2, 0) is 5.41 Å². The highest BCUT2D eigenvalue weighted by Crippen LogP contribution is 2.52. The number of benzene rings is 1. The summed E-state index contributed by atoms with van der Waals surface area (Å²) in [6.07, 6.45) is 8.00. The topological polar surface area (TPSA) is 0 Å². The Bertz CT molecular complexity index is 501. The van der Waals surface area contributed by atoms with E-state index >= 15 is 0 Å². The van der Waals surface area contributed by atoms with Crippen LogP contribution in [0.1, 0.15) is 37.0 Å². The van der Waals surface area contributed by atoms with Crippen molar-refractivity contribution in [3.05, 3.63) is 53.1 Å². The van der Waals surface area contributed by atoms with E-state index in [0.717, 1.165) is 0 Å². The van der Waals surface area contributed by atoms with Crippen molar-refractivity contribution >= 4 is 5.57 Å². The molecule has 0 aliphatic heterocycles. The Morgan fingerprint density at radius 3 is 2.88 bits per heavy atom. The van der Waals surface area contributed by atoms with E-state index < -0.39 is 0 Å². The van der Waals surface area contributed by atoms with Crippen molar-refractivity contribution in [2.24, 2.45) is 5.92 Å². The van der Waals surface area contributed by atoms with Gasteiger partial charge in [-0.05, 0) is 41.4 Å². The lowest BCUT2D eigenvalue weighted by molar-refractivity contribution is 0.414. The molecule has 0 fully saturated rings. The van der Waals surface area contributed by atoms with Crippen LogP contribution in [0.15, 0.2) is 36.4 Å². The molecule has 2 aliphatic carbocycles. The van der Waals surface area contributed by atoms with E-state index in [9.17, 15) is 0 Å². The second-order valence-corrected chi connectivity index (χ2v) is 5.61. The molecule has 0 saturated carbocycles. The van der Waals surface area contributed by atoms with Crippen molar-refractivity contribution in [3.63, 3.8) is 0 Å². The van der Waals surface area contributed by atoms with Gasteiger partial charge in [0.2, 0.25) is 0 Å². The fourth-order valence-corrected chi connectivity index (χ4v) is 3.24. The zero-order chi connectivity index (χ0) is 11.3. The third-order valence-electron chi connectivity index (χ3n) is 4.21. The standard InChI is InChI=1S/C16H18/c1-11-8-9-15-13(10-11)12-6-4-5-7-14(12)16(15,2)3/h4-6,8-10,14H,7H2,1-3H3. The third kappa shape index (κ3) is 1.16. The Kier molecular flexibility index (Phi) is 1.92. The molecule has 1 aromatic rings. The molecule has 0 spiro atoms. The maximum absolute atomic E-state index is 2.38. The molecule has 0 N–H and O–H groups in total. The van der Waals surface area contributed by atoms with Gasteiger partial charge in [0.05, 0.1) is 0 Å². The Hall–Kier alpha value is -1.30. The molecule has 3 rings (SSSR count). The molecule has 0 radical (unpaired) electrons. The van der Waals surface area contributed by atoms with Crippen molar-refractivity contribution < 1.29 is 0 Å². The maximum atomic E-state index is 2.38. The van der Waals surface area contributed by atoms with E-state index in [1.807, 2.05) is 0 Å². The summed E-state index contributed by atoms with van der Waals surface area (Å²) in [5.41, 5.74) is 6.22. The smallest absolute Gasteiger partial charge is 0.00257 e. The zero-order valence-corrected chi connectivity index (χ0v) is 10.2. The summed E-state index contributed by atoms with van der Waals surface area (Å²) in [7, 11) is 0. The highest BCUT2D eigenvalue weighted by molar-refractivity contribution is 5.79. The summed E-state index contributed by atoms with van der Waals surface area (Å²) in [5.74, 6) is 0.675. The van der Waals surface area contributed by atoms with Gasteiger partial charge in [-0.3, -0.25) is 0 Å². The lowest BCUT2D eigenvalue weighted by Gasteiger charge is -2.29. The lowest BCUT2D eigenvalue weighted by Crippen LogP contribution is -2.23. The van der Waals surface area contributed by atoms with Crippen LogP contribution >= 0.6 is 0 Å². The monoisotopic (exact) mass is 210 g/mol. The normalized spacial score (nSPS) is 24.9. The van der Waals surface area contributed by atoms with Crippen molar-refractivity contribution in [2.75, 3.05) is 0 Å². The molecular weight excluding hydrogens is 192 g/mol. The molecule has 1 aromatic carbocycles. The zero-order valence-electron chi connectivity index (χ0n) is 10.2. The van der Waals surface area contributed by atoms with Gasteiger partial charge in [0, 0.05) is 0 Å². The van der Waals surface area contributed by atoms with Gasteiger partial charge >= 0.3 is 0 Å². The van der Waals surface area contributed by atoms with Crippen molar-refractivity contribution in [3.8, 4) is 0 Å². The van der Waals surface area contributed by atoms with Gasteiger partial charge in [-0.25, -0.2) is 0 Å². The van der Waals surface area contributed by atoms with Crippen LogP contribution in [0, 0.1) is 12.8 Å². The van der Waals surface area contributed by atoms with Gasteiger partial charge in [0.15, 0.2) is 0 Å². The molecule has 0 nitrogen and oxygen atoms in total. The first-order valence-electron chi connectivity index (χ1n) is 6.09. The van der Waals surface area contributed by atoms with Gasteiger partial charge in [-0.2, -0.15) is 0 Å². The number of aryl methyl sites for hydroxylation is 1. The fraction of sp³-hybridized carbons (Fsp3) is 0.375. The number of fused-ring (bicyclic) bond motifs is 3. The molecule has 82 valence electrons. The Morgan fingerprint density at radius 2 is 2.06 bits per heavy atom. The molecule has 1 atom stereocenters. The summed E-state index contributed by atoms with van der Waals surface area (Å²) in [6, 6.07) is 6.91. The quantitative estimate of drug-likeness (QED) is 0.600. The predicted octanol–water partition coefficient (Wildman–Crippen LogP) is 4.25. The second-order valence-electron chi connectivity index (χ2n) is 5.61. The second kappa shape index (κ2) is 3.10. The minimum absolute atomic E-state index is 0.291. The van der Waals surface area contributed by atoms with Gasteiger partial charge in [-0.15, -0.1) is 0 Å². The van der Waals surface area contributed by atoms with Crippen LogP contribution in [0.25, 0.3) is 5.57 Å². The number of hydrogen-bond donors (Lipinski definition) is 0. The van der Waals surface area contributed by atoms with Crippen LogP contribution in [0.2, 0.25) is 0 Å². The first-order chi connectivity index (χ1) is 7.60. The molecule has 0 heteroatoms. The summed E-state index contributed by atoms with van der Waals surface area (Å²) in [6.45, 7) is 6.94. The summed E-state index contributed by atoms with van der Waals surface area (Å²) >= 11 is 0. The summed E-state index contributed by atoms with van der Waals surface area (Å²) in [4.78, 5) is 0. The fourth-order valence-electron chi connectivity index (χ4n) is 3.24. The SMILES string of the molecule is Cc1ccc2c(c1)C1=CC=CCC1C2(C)C. The third-order valence-corrected chi connectivity index (χ3v) is 4.21. The molecule has 0 aromatic heterocycles. The average Bonchev–Trinajstić information content (AvgIpc) is 2.49. The van der Waals surface area contributed by atoms with Gasteiger partial charge < -0.3 is 0 Å². The van der Waals surface area contributed by atoms with E-state index in [1.54, 1.807) is 5.57 Å². The number of allylic oxidation sites excluding steroid dienone is 4. The van der Waals surface area contributed by atoms with Crippen molar-refractivity contribution in [1.82, 2.24) is 0 Å². The predicted molar refractivity (Wildman–Crippen MR) is 69.4 cm³/mol. The van der Waals surface area contributed by atoms with E-state index in [1.165, 1.54) is 23.1 Å². The molecular formula is C16H18. The van der Waals surface area contributed by atoms with Crippen LogP contribution in [-0.4, -0.2) is 0 Å². The maximum Gasteiger partial charge on any atom is -0.00257 e. The average molecular weight is 210 g/mol. The Morgan fingerprint density at radius 1 is 1.25 bits per heavy atom. The molecule has 2 aliphatic rings. The van der Waals surface area contributed by atoms with Crippen LogP contribution in [0.5, 0.6) is 0 Å². The number of hydrogen-bond acceptors (Lipinski definition) is 0. The van der Waals surface area contributed by atoms with Crippen LogP contribution in [0.4, 0.5) is 0 Å². The first kappa shape index (κ1) is 9.89. The van der Waals surface area contributed by atoms with Gasteiger partial charge in [0.25, 0.3) is 0 Å². The van der Waals surface area contributed by atoms with Crippen molar-refractivity contribution in [2.45, 2.75) is 32.6 Å². The van der Waals surface area contributed by atoms with E-state index in [2.05, 4.69) is 57.2 Å². The van der Waals surface area contributed by atoms with E-state index in [4.69, 9.17) is 0 Å². The van der Waals surface area contributed by atoms with Gasteiger partial charge in [-0.1, -0.05) is 55.8 Å². The Labute approximate surface area is 97.7 Å². The van der Waals surface area contributed by atoms with Crippen LogP contribution in [0.3, 0.4) is 0 Å². The van der Waals surface area contributed by atoms with Crippen molar-refractivity contribution in [1.29, 1.82) is 0 Å². The summed E-state index contributed by atoms with van der Waals surface area (Å²) < 4.78 is 0. The lowest BCUT2D eigenvalue weighted by atomic mass is 9.75. The minimum Gasteiger partial charge on any atom is -0.0839 e. The molecule has 0 amide bonds. The molecule has 1 unspecified atom stereocenters. The van der Waals surface area contributed by atoms with Crippen LogP contribution < -0.4 is 0 Å². The highest BCUT2D eigenvalue weighted by atomic mass is 14.5. The first-order valence-corrected chi connectivity index (χ1v) is 6.09. The largest absolute Gasteiger partial charge is 0.0839 e. The molecule has 0 heterocycles. The highest BCUT2D eigenvalue weighted by Gasteiger charge is 2.42. The molecule has 16 heavy (non-hydrogen) atoms. The Balaban J connectivity index is 2.28. The van der Waals surface area contributed by atoms with E-state index in [0.29, 0.717) is 11.3 Å². The summed E-state index contributed by atoms with van der Waals surface area (Å²) in [5, 5.41) is 0. The molecule has 0 saturated heterocycles. The van der Waals surface area contributed by atoms with E-state index in [-0.39, 0.29) is 0 Å². The number of rotatable bonds is 0. The van der Waals surface area contributed by atoms with Gasteiger partial charge in [0.1, 0.15) is 0 Å². The molecule has 0 bridgehead atoms.